The van der Waals surface area contributed by atoms with Crippen molar-refractivity contribution in [3.63, 3.8) is 0 Å². The largest absolute Gasteiger partial charge is 0.357 e. The normalized spacial score (nSPS) is 12.2. The molecule has 2 heterocycles. The number of hydrogen-bond acceptors (Lipinski definition) is 7. The molecule has 0 aliphatic rings. The summed E-state index contributed by atoms with van der Waals surface area (Å²) >= 11 is 1.78. The zero-order valence-corrected chi connectivity index (χ0v) is 12.0. The lowest BCUT2D eigenvalue weighted by atomic mass is 10.4. The van der Waals surface area contributed by atoms with E-state index in [1.165, 1.54) is 0 Å². The molecule has 0 fully saturated rings. The van der Waals surface area contributed by atoms with Crippen LogP contribution in [0, 0.1) is 0 Å². The van der Waals surface area contributed by atoms with E-state index in [2.05, 4.69) is 43.7 Å². The highest BCUT2D eigenvalue weighted by Crippen LogP contribution is 2.10. The summed E-state index contributed by atoms with van der Waals surface area (Å²) in [6, 6.07) is 0.290. The first kappa shape index (κ1) is 13.6. The van der Waals surface area contributed by atoms with E-state index < -0.39 is 0 Å². The highest BCUT2D eigenvalue weighted by atomic mass is 32.2. The van der Waals surface area contributed by atoms with Gasteiger partial charge in [0.25, 0.3) is 0 Å². The van der Waals surface area contributed by atoms with E-state index in [0.29, 0.717) is 17.8 Å². The topological polar surface area (TPSA) is 80.5 Å². The molecule has 102 valence electrons. The molecule has 0 saturated heterocycles. The Hall–Kier alpha value is -1.83. The van der Waals surface area contributed by atoms with Crippen LogP contribution in [0.1, 0.15) is 6.92 Å². The number of thioether (sulfide) groups is 1. The van der Waals surface area contributed by atoms with Gasteiger partial charge in [-0.2, -0.15) is 26.7 Å². The van der Waals surface area contributed by atoms with Gasteiger partial charge in [-0.1, -0.05) is 0 Å². The Bertz CT molecular complexity index is 514. The zero-order chi connectivity index (χ0) is 13.7. The molecule has 0 aliphatic heterocycles. The third-order valence-electron chi connectivity index (χ3n) is 2.37. The lowest BCUT2D eigenvalue weighted by Crippen LogP contribution is -2.21. The minimum absolute atomic E-state index is 0.290. The van der Waals surface area contributed by atoms with Crippen molar-refractivity contribution < 1.29 is 0 Å². The van der Waals surface area contributed by atoms with Crippen LogP contribution in [-0.2, 0) is 0 Å². The summed E-state index contributed by atoms with van der Waals surface area (Å²) in [5.41, 5.74) is 0. The van der Waals surface area contributed by atoms with Crippen LogP contribution in [0.25, 0.3) is 5.95 Å². The number of rotatable bonds is 6. The fraction of sp³-hybridized carbons (Fsp3) is 0.455. The summed E-state index contributed by atoms with van der Waals surface area (Å²) < 4.78 is 1.74. The Morgan fingerprint density at radius 1 is 1.32 bits per heavy atom. The van der Waals surface area contributed by atoms with Crippen LogP contribution in [0.15, 0.2) is 18.7 Å². The van der Waals surface area contributed by atoms with Crippen molar-refractivity contribution in [1.29, 1.82) is 0 Å². The molecule has 19 heavy (non-hydrogen) atoms. The Balaban J connectivity index is 2.26. The molecule has 7 nitrogen and oxygen atoms in total. The predicted octanol–water partition coefficient (Wildman–Crippen LogP) is 1.26. The molecule has 2 aromatic heterocycles. The van der Waals surface area contributed by atoms with Crippen molar-refractivity contribution in [2.75, 3.05) is 29.7 Å². The summed E-state index contributed by atoms with van der Waals surface area (Å²) in [7, 11) is 1.78. The lowest BCUT2D eigenvalue weighted by Gasteiger charge is -2.13. The second kappa shape index (κ2) is 6.37. The fourth-order valence-corrected chi connectivity index (χ4v) is 2.13. The van der Waals surface area contributed by atoms with Crippen LogP contribution >= 0.6 is 11.8 Å². The third kappa shape index (κ3) is 3.57. The minimum atomic E-state index is 0.290. The number of nitrogens with zero attached hydrogens (tertiary/aromatic N) is 5. The quantitative estimate of drug-likeness (QED) is 0.824. The zero-order valence-electron chi connectivity index (χ0n) is 11.2. The van der Waals surface area contributed by atoms with Crippen molar-refractivity contribution >= 4 is 23.7 Å². The number of hydrogen-bond donors (Lipinski definition) is 2. The molecule has 2 aromatic rings. The van der Waals surface area contributed by atoms with Gasteiger partial charge in [-0.15, -0.1) is 0 Å². The van der Waals surface area contributed by atoms with Crippen LogP contribution in [0.2, 0.25) is 0 Å². The Kier molecular flexibility index (Phi) is 4.56. The standard InChI is InChI=1S/C11H17N7S/c1-8(6-19-3)14-10-15-9(12-2)16-11(17-10)18-5-4-13-7-18/h4-5,7-8H,6H2,1-3H3,(H2,12,14,15,16,17). The first-order valence-corrected chi connectivity index (χ1v) is 7.30. The molecule has 0 aliphatic carbocycles. The van der Waals surface area contributed by atoms with Gasteiger partial charge >= 0.3 is 0 Å². The third-order valence-corrected chi connectivity index (χ3v) is 3.21. The van der Waals surface area contributed by atoms with Gasteiger partial charge in [0.1, 0.15) is 6.33 Å². The summed E-state index contributed by atoms with van der Waals surface area (Å²) in [4.78, 5) is 17.0. The molecule has 2 N–H and O–H groups in total. The fourth-order valence-electron chi connectivity index (χ4n) is 1.55. The van der Waals surface area contributed by atoms with E-state index in [0.717, 1.165) is 5.75 Å². The molecule has 8 heteroatoms. The molecule has 0 spiro atoms. The maximum Gasteiger partial charge on any atom is 0.241 e. The van der Waals surface area contributed by atoms with Crippen molar-refractivity contribution in [1.82, 2.24) is 24.5 Å². The molecule has 1 unspecified atom stereocenters. The second-order valence-electron chi connectivity index (χ2n) is 4.00. The van der Waals surface area contributed by atoms with Gasteiger partial charge in [-0.05, 0) is 13.2 Å². The van der Waals surface area contributed by atoms with E-state index in [9.17, 15) is 0 Å². The molecule has 0 amide bonds. The van der Waals surface area contributed by atoms with Crippen LogP contribution in [-0.4, -0.2) is 49.6 Å². The Morgan fingerprint density at radius 3 is 2.74 bits per heavy atom. The number of anilines is 2. The van der Waals surface area contributed by atoms with E-state index in [-0.39, 0.29) is 6.04 Å². The average molecular weight is 279 g/mol. The van der Waals surface area contributed by atoms with Crippen molar-refractivity contribution in [3.8, 4) is 5.95 Å². The van der Waals surface area contributed by atoms with Gasteiger partial charge in [-0.25, -0.2) is 4.98 Å². The number of imidazole rings is 1. The highest BCUT2D eigenvalue weighted by molar-refractivity contribution is 7.98. The van der Waals surface area contributed by atoms with Gasteiger partial charge in [0.15, 0.2) is 0 Å². The van der Waals surface area contributed by atoms with E-state index in [1.54, 1.807) is 42.1 Å². The average Bonchev–Trinajstić information content (AvgIpc) is 2.92. The minimum Gasteiger partial charge on any atom is -0.357 e. The van der Waals surface area contributed by atoms with Crippen molar-refractivity contribution in [2.24, 2.45) is 0 Å². The van der Waals surface area contributed by atoms with Gasteiger partial charge in [0.2, 0.25) is 17.8 Å². The van der Waals surface area contributed by atoms with Crippen LogP contribution in [0.4, 0.5) is 11.9 Å². The molecule has 0 bridgehead atoms. The first-order chi connectivity index (χ1) is 9.22. The SMILES string of the molecule is CNc1nc(NC(C)CSC)nc(-n2ccnc2)n1. The Morgan fingerprint density at radius 2 is 2.11 bits per heavy atom. The lowest BCUT2D eigenvalue weighted by molar-refractivity contribution is 0.851. The molecule has 2 rings (SSSR count). The summed E-state index contributed by atoms with van der Waals surface area (Å²) in [6.07, 6.45) is 7.21. The first-order valence-electron chi connectivity index (χ1n) is 5.90. The van der Waals surface area contributed by atoms with Crippen molar-refractivity contribution in [2.45, 2.75) is 13.0 Å². The molecule has 0 radical (unpaired) electrons. The van der Waals surface area contributed by atoms with E-state index in [4.69, 9.17) is 0 Å². The van der Waals surface area contributed by atoms with E-state index in [1.807, 2.05) is 0 Å². The smallest absolute Gasteiger partial charge is 0.241 e. The van der Waals surface area contributed by atoms with Gasteiger partial charge in [-0.3, -0.25) is 4.57 Å². The predicted molar refractivity (Wildman–Crippen MR) is 78.0 cm³/mol. The van der Waals surface area contributed by atoms with Crippen LogP contribution < -0.4 is 10.6 Å². The summed E-state index contributed by atoms with van der Waals surface area (Å²) in [5, 5.41) is 6.20. The maximum absolute atomic E-state index is 4.39. The monoisotopic (exact) mass is 279 g/mol. The number of nitrogens with one attached hydrogen (secondary N) is 2. The van der Waals surface area contributed by atoms with Crippen LogP contribution in [0.3, 0.4) is 0 Å². The number of aromatic nitrogens is 5. The maximum atomic E-state index is 4.39. The van der Waals surface area contributed by atoms with Gasteiger partial charge in [0.05, 0.1) is 0 Å². The molecular formula is C11H17N7S. The molecule has 0 aromatic carbocycles. The Labute approximate surface area is 116 Å². The van der Waals surface area contributed by atoms with E-state index >= 15 is 0 Å². The molecule has 1 atom stereocenters. The van der Waals surface area contributed by atoms with Gasteiger partial charge < -0.3 is 10.6 Å². The molecule has 0 saturated carbocycles. The van der Waals surface area contributed by atoms with Gasteiger partial charge in [0, 0.05) is 31.2 Å². The van der Waals surface area contributed by atoms with Crippen molar-refractivity contribution in [3.05, 3.63) is 18.7 Å². The summed E-state index contributed by atoms with van der Waals surface area (Å²) in [6.45, 7) is 2.09. The second-order valence-corrected chi connectivity index (χ2v) is 4.91. The summed E-state index contributed by atoms with van der Waals surface area (Å²) in [5.74, 6) is 2.61. The molecular weight excluding hydrogens is 262 g/mol. The van der Waals surface area contributed by atoms with Crippen LogP contribution in [0.5, 0.6) is 0 Å². The highest BCUT2D eigenvalue weighted by Gasteiger charge is 2.09.